The van der Waals surface area contributed by atoms with Gasteiger partial charge in [-0.2, -0.15) is 9.98 Å². The van der Waals surface area contributed by atoms with Crippen LogP contribution in [-0.4, -0.2) is 100 Å². The summed E-state index contributed by atoms with van der Waals surface area (Å²) in [7, 11) is 0. The second-order valence-corrected chi connectivity index (χ2v) is 10.3. The molecular weight excluding hydrogens is 636 g/mol. The molecule has 0 spiro atoms. The van der Waals surface area contributed by atoms with Crippen LogP contribution < -0.4 is 33.6 Å². The van der Waals surface area contributed by atoms with Gasteiger partial charge in [-0.3, -0.25) is 14.8 Å². The minimum atomic E-state index is -1.94. The molecule has 0 aliphatic rings. The molecule has 0 radical (unpaired) electrons. The number of guanidine groups is 4. The average Bonchev–Trinajstić information content (AvgIpc) is 3.03. The molecule has 4 unspecified atom stereocenters. The fourth-order valence-electron chi connectivity index (χ4n) is 3.45. The van der Waals surface area contributed by atoms with Gasteiger partial charge in [-0.05, 0) is 56.2 Å². The lowest BCUT2D eigenvalue weighted by atomic mass is 10.1. The monoisotopic (exact) mass is 680 g/mol. The molecule has 0 bridgehead atoms. The first-order chi connectivity index (χ1) is 22.4. The Kier molecular flexibility index (Phi) is 19.7. The molecule has 2 aromatic carbocycles. The van der Waals surface area contributed by atoms with E-state index in [9.17, 15) is 4.79 Å². The van der Waals surface area contributed by atoms with Gasteiger partial charge >= 0.3 is 0 Å². The molecular formula is C29H45ClN10O7. The number of aliphatic hydroxyl groups is 5. The lowest BCUT2D eigenvalue weighted by Gasteiger charge is -2.23. The molecule has 2 aromatic rings. The highest BCUT2D eigenvalue weighted by Gasteiger charge is 2.30. The van der Waals surface area contributed by atoms with Crippen LogP contribution in [0.5, 0.6) is 0 Å². The number of nitrogens with two attached hydrogens (primary N) is 4. The van der Waals surface area contributed by atoms with Crippen molar-refractivity contribution in [3.05, 3.63) is 59.1 Å². The molecule has 0 aromatic heterocycles. The number of aryl methyl sites for hydroxylation is 1. The van der Waals surface area contributed by atoms with Crippen LogP contribution in [0.2, 0.25) is 5.02 Å². The number of halogens is 1. The molecule has 47 heavy (non-hydrogen) atoms. The van der Waals surface area contributed by atoms with Crippen molar-refractivity contribution in [3.63, 3.8) is 0 Å². The van der Waals surface area contributed by atoms with Crippen LogP contribution in [0, 0.1) is 6.92 Å². The molecule has 260 valence electrons. The lowest BCUT2D eigenvalue weighted by molar-refractivity contribution is -0.199. The first kappa shape index (κ1) is 40.5. The third-order valence-electron chi connectivity index (χ3n) is 5.94. The van der Waals surface area contributed by atoms with E-state index in [1.165, 1.54) is 0 Å². The van der Waals surface area contributed by atoms with Crippen molar-refractivity contribution in [1.82, 2.24) is 0 Å². The van der Waals surface area contributed by atoms with Gasteiger partial charge in [0.25, 0.3) is 6.47 Å². The van der Waals surface area contributed by atoms with Gasteiger partial charge in [-0.1, -0.05) is 42.1 Å². The van der Waals surface area contributed by atoms with E-state index in [1.807, 2.05) is 31.2 Å². The summed E-state index contributed by atoms with van der Waals surface area (Å²) in [5.74, 6) is 0.645. The summed E-state index contributed by atoms with van der Waals surface area (Å²) in [6, 6.07) is 14.9. The van der Waals surface area contributed by atoms with Crippen LogP contribution in [0.4, 0.5) is 11.4 Å². The minimum Gasteiger partial charge on any atom is -0.435 e. The molecule has 0 amide bonds. The number of aliphatic imine (C=N–C) groups is 4. The molecule has 0 heterocycles. The van der Waals surface area contributed by atoms with Crippen molar-refractivity contribution in [1.29, 1.82) is 0 Å². The fourth-order valence-corrected chi connectivity index (χ4v) is 3.57. The normalized spacial score (nSPS) is 15.0. The van der Waals surface area contributed by atoms with E-state index in [-0.39, 0.29) is 30.3 Å². The predicted molar refractivity (Wildman–Crippen MR) is 183 cm³/mol. The van der Waals surface area contributed by atoms with Crippen molar-refractivity contribution >= 4 is 53.3 Å². The van der Waals surface area contributed by atoms with E-state index >= 15 is 0 Å². The number of carbonyl (C=O) groups is 1. The number of aliphatic hydroxyl groups excluding tert-OH is 5. The zero-order chi connectivity index (χ0) is 35.2. The summed E-state index contributed by atoms with van der Waals surface area (Å²) >= 11 is 5.85. The Labute approximate surface area is 277 Å². The van der Waals surface area contributed by atoms with Gasteiger partial charge < -0.3 is 63.8 Å². The highest BCUT2D eigenvalue weighted by molar-refractivity contribution is 6.30. The first-order valence-electron chi connectivity index (χ1n) is 14.4. The topological polar surface area (TPSA) is 305 Å². The summed E-state index contributed by atoms with van der Waals surface area (Å²) in [6.45, 7) is 2.26. The smallest absolute Gasteiger partial charge is 0.295 e. The number of carbonyl (C=O) groups excluding carboxylic acids is 1. The second-order valence-electron chi connectivity index (χ2n) is 9.87. The van der Waals surface area contributed by atoms with Gasteiger partial charge in [-0.25, -0.2) is 0 Å². The fraction of sp³-hybridized carbons (Fsp3) is 0.414. The van der Waals surface area contributed by atoms with Gasteiger partial charge in [0.15, 0.2) is 0 Å². The summed E-state index contributed by atoms with van der Waals surface area (Å²) in [4.78, 5) is 26.2. The van der Waals surface area contributed by atoms with Crippen LogP contribution in [0.1, 0.15) is 31.2 Å². The maximum atomic E-state index is 9.69. The van der Waals surface area contributed by atoms with Gasteiger partial charge in [0.2, 0.25) is 30.1 Å². The zero-order valence-electron chi connectivity index (χ0n) is 26.0. The quantitative estimate of drug-likeness (QED) is 0.0374. The minimum absolute atomic E-state index is 0.119. The van der Waals surface area contributed by atoms with Crippen LogP contribution in [0.15, 0.2) is 68.5 Å². The Morgan fingerprint density at radius 1 is 0.787 bits per heavy atom. The largest absolute Gasteiger partial charge is 0.435 e. The molecule has 0 aliphatic carbocycles. The predicted octanol–water partition coefficient (Wildman–Crippen LogP) is -0.456. The number of ether oxygens (including phenoxy) is 1. The highest BCUT2D eigenvalue weighted by atomic mass is 35.5. The van der Waals surface area contributed by atoms with Crippen LogP contribution in [0.25, 0.3) is 0 Å². The number of hydrogen-bond donors (Lipinski definition) is 11. The molecule has 0 saturated heterocycles. The number of nitrogens with zero attached hydrogens (tertiary/aromatic N) is 4. The second kappa shape index (κ2) is 22.9. The van der Waals surface area contributed by atoms with Crippen molar-refractivity contribution in [2.24, 2.45) is 42.9 Å². The SMILES string of the molecule is Cc1ccc(NC(N)=NC(N)=NCCCCCCN=C(N)N=C(N)Nc2ccc(Cl)cc2)cc1.O=COC(O)C(O)C(O)C(O)CO. The van der Waals surface area contributed by atoms with E-state index in [1.54, 1.807) is 24.3 Å². The van der Waals surface area contributed by atoms with Crippen molar-refractivity contribution in [3.8, 4) is 0 Å². The number of nitrogens with one attached hydrogen (secondary N) is 2. The highest BCUT2D eigenvalue weighted by Crippen LogP contribution is 2.13. The van der Waals surface area contributed by atoms with Crippen LogP contribution >= 0.6 is 11.6 Å². The number of hydrogen-bond acceptors (Lipinski definition) is 9. The Morgan fingerprint density at radius 3 is 1.66 bits per heavy atom. The van der Waals surface area contributed by atoms with Crippen molar-refractivity contribution in [2.75, 3.05) is 30.3 Å². The molecule has 0 fully saturated rings. The maximum Gasteiger partial charge on any atom is 0.295 e. The van der Waals surface area contributed by atoms with E-state index in [4.69, 9.17) is 60.1 Å². The Balaban J connectivity index is 0.000000716. The third-order valence-corrected chi connectivity index (χ3v) is 6.19. The summed E-state index contributed by atoms with van der Waals surface area (Å²) < 4.78 is 3.89. The lowest BCUT2D eigenvalue weighted by Crippen LogP contribution is -2.46. The van der Waals surface area contributed by atoms with E-state index in [0.29, 0.717) is 18.1 Å². The maximum absolute atomic E-state index is 9.69. The van der Waals surface area contributed by atoms with Crippen LogP contribution in [-0.2, 0) is 9.53 Å². The third kappa shape index (κ3) is 18.3. The van der Waals surface area contributed by atoms with Crippen LogP contribution in [0.3, 0.4) is 0 Å². The zero-order valence-corrected chi connectivity index (χ0v) is 26.7. The number of unbranched alkanes of at least 4 members (excludes halogenated alkanes) is 3. The number of anilines is 2. The van der Waals surface area contributed by atoms with E-state index < -0.39 is 31.2 Å². The van der Waals surface area contributed by atoms with Gasteiger partial charge in [-0.15, -0.1) is 0 Å². The first-order valence-corrected chi connectivity index (χ1v) is 14.8. The van der Waals surface area contributed by atoms with Gasteiger partial charge in [0.1, 0.15) is 18.3 Å². The molecule has 15 N–H and O–H groups in total. The average molecular weight is 681 g/mol. The molecule has 18 heteroatoms. The number of benzene rings is 2. The standard InChI is InChI=1S/C23H33ClN10.C6H12O7/c1-16-6-10-18(11-7-16)31-22(27)33-20(25)29-14-4-2-3-5-15-30-21(26)34-23(28)32-19-12-8-17(24)9-13-19;7-1-3(9)4(10)5(11)6(12)13-2-8/h6-13H,2-5,14-15H2,1H3,(H5,25,27,29,31,33)(H5,26,28,30,32,34);2-7,9-12H,1H2. The van der Waals surface area contributed by atoms with Gasteiger partial charge in [0, 0.05) is 29.5 Å². The number of rotatable bonds is 15. The Bertz CT molecular complexity index is 1230. The Morgan fingerprint density at radius 2 is 1.23 bits per heavy atom. The summed E-state index contributed by atoms with van der Waals surface area (Å²) in [5.41, 5.74) is 26.1. The molecule has 2 rings (SSSR count). The molecule has 0 saturated carbocycles. The molecule has 17 nitrogen and oxygen atoms in total. The van der Waals surface area contributed by atoms with E-state index in [2.05, 4.69) is 35.3 Å². The summed E-state index contributed by atoms with van der Waals surface area (Å²) in [6.07, 6.45) is -3.48. The Hall–Kier alpha value is -4.52. The molecule has 4 atom stereocenters. The van der Waals surface area contributed by atoms with E-state index in [0.717, 1.165) is 42.6 Å². The molecule has 0 aliphatic heterocycles. The van der Waals surface area contributed by atoms with Crippen molar-refractivity contribution < 1.29 is 35.1 Å². The summed E-state index contributed by atoms with van der Waals surface area (Å²) in [5, 5.41) is 50.4. The van der Waals surface area contributed by atoms with Crippen molar-refractivity contribution in [2.45, 2.75) is 57.2 Å². The van der Waals surface area contributed by atoms with Gasteiger partial charge in [0.05, 0.1) is 6.61 Å².